The van der Waals surface area contributed by atoms with E-state index in [4.69, 9.17) is 0 Å². The highest BCUT2D eigenvalue weighted by Gasteiger charge is 2.11. The van der Waals surface area contributed by atoms with E-state index in [1.54, 1.807) is 6.20 Å². The number of anilines is 1. The first-order chi connectivity index (χ1) is 10.8. The molecule has 1 aromatic carbocycles. The van der Waals surface area contributed by atoms with E-state index in [0.29, 0.717) is 11.7 Å². The van der Waals surface area contributed by atoms with Crippen molar-refractivity contribution < 1.29 is 4.79 Å². The van der Waals surface area contributed by atoms with Crippen molar-refractivity contribution in [3.63, 3.8) is 0 Å². The van der Waals surface area contributed by atoms with Gasteiger partial charge in [-0.05, 0) is 37.1 Å². The largest absolute Gasteiger partial charge is 0.334 e. The molecule has 1 aromatic heterocycles. The van der Waals surface area contributed by atoms with Crippen molar-refractivity contribution in [2.24, 2.45) is 0 Å². The van der Waals surface area contributed by atoms with Gasteiger partial charge in [0.2, 0.25) is 0 Å². The summed E-state index contributed by atoms with van der Waals surface area (Å²) in [6.45, 7) is 3.96. The fourth-order valence-electron chi connectivity index (χ4n) is 2.57. The molecular weight excluding hydrogens is 296 g/mol. The van der Waals surface area contributed by atoms with E-state index in [-0.39, 0.29) is 6.03 Å². The average molecular weight is 316 g/mol. The van der Waals surface area contributed by atoms with Crippen LogP contribution < -0.4 is 10.6 Å². The molecule has 5 nitrogen and oxygen atoms in total. The lowest BCUT2D eigenvalue weighted by atomic mass is 10.1. The maximum Gasteiger partial charge on any atom is 0.321 e. The highest BCUT2D eigenvalue weighted by molar-refractivity contribution is 7.13. The second-order valence-electron chi connectivity index (χ2n) is 5.44. The van der Waals surface area contributed by atoms with Crippen molar-refractivity contribution >= 4 is 22.5 Å². The van der Waals surface area contributed by atoms with Crippen LogP contribution in [0, 0.1) is 0 Å². The normalized spacial score (nSPS) is 14.9. The molecule has 0 atom stereocenters. The van der Waals surface area contributed by atoms with Crippen LogP contribution in [-0.4, -0.2) is 29.0 Å². The number of urea groups is 1. The minimum atomic E-state index is -0.226. The molecule has 6 heteroatoms. The zero-order valence-corrected chi connectivity index (χ0v) is 13.2. The fourth-order valence-corrected chi connectivity index (χ4v) is 3.09. The smallest absolute Gasteiger partial charge is 0.321 e. The molecule has 22 heavy (non-hydrogen) atoms. The Balaban J connectivity index is 1.45. The maximum atomic E-state index is 11.7. The fraction of sp³-hybridized carbons (Fsp3) is 0.375. The maximum absolute atomic E-state index is 11.7. The lowest BCUT2D eigenvalue weighted by Gasteiger charge is -2.14. The molecule has 116 valence electrons. The second kappa shape index (κ2) is 7.38. The summed E-state index contributed by atoms with van der Waals surface area (Å²) < 4.78 is 0. The van der Waals surface area contributed by atoms with Gasteiger partial charge >= 0.3 is 6.03 Å². The quantitative estimate of drug-likeness (QED) is 0.891. The molecule has 0 saturated carbocycles. The number of aromatic nitrogens is 1. The van der Waals surface area contributed by atoms with Crippen LogP contribution >= 0.6 is 11.3 Å². The van der Waals surface area contributed by atoms with E-state index in [2.05, 4.69) is 44.8 Å². The molecular formula is C16H20N4OS. The van der Waals surface area contributed by atoms with Gasteiger partial charge in [0.25, 0.3) is 0 Å². The van der Waals surface area contributed by atoms with Gasteiger partial charge in [-0.25, -0.2) is 9.78 Å². The molecule has 1 aliphatic heterocycles. The minimum absolute atomic E-state index is 0.226. The molecule has 2 heterocycles. The molecule has 0 unspecified atom stereocenters. The van der Waals surface area contributed by atoms with Crippen molar-refractivity contribution in [3.8, 4) is 0 Å². The van der Waals surface area contributed by atoms with Crippen LogP contribution in [-0.2, 0) is 13.1 Å². The number of benzene rings is 1. The molecule has 0 spiro atoms. The summed E-state index contributed by atoms with van der Waals surface area (Å²) in [6, 6.07) is 8.22. The standard InChI is InChI=1S/C16H20N4OS/c21-15(19-16-17-7-10-22-16)18-11-13-3-5-14(6-4-13)12-20-8-1-2-9-20/h3-7,10H,1-2,8-9,11-12H2,(H2,17,18,19,21). The van der Waals surface area contributed by atoms with E-state index in [1.165, 1.54) is 42.8 Å². The van der Waals surface area contributed by atoms with Gasteiger partial charge in [-0.3, -0.25) is 10.2 Å². The van der Waals surface area contributed by atoms with Crippen LogP contribution in [0.15, 0.2) is 35.8 Å². The predicted molar refractivity (Wildman–Crippen MR) is 88.9 cm³/mol. The highest BCUT2D eigenvalue weighted by Crippen LogP contribution is 2.13. The molecule has 1 fully saturated rings. The molecule has 1 saturated heterocycles. The third-order valence-corrected chi connectivity index (χ3v) is 4.42. The summed E-state index contributed by atoms with van der Waals surface area (Å²) in [7, 11) is 0. The Morgan fingerprint density at radius 1 is 1.18 bits per heavy atom. The van der Waals surface area contributed by atoms with Crippen molar-refractivity contribution in [1.29, 1.82) is 0 Å². The summed E-state index contributed by atoms with van der Waals surface area (Å²) in [5, 5.41) is 7.98. The SMILES string of the molecule is O=C(NCc1ccc(CN2CCCC2)cc1)Nc1nccs1. The second-order valence-corrected chi connectivity index (χ2v) is 6.34. The number of carbonyl (C=O) groups is 1. The number of nitrogens with one attached hydrogen (secondary N) is 2. The van der Waals surface area contributed by atoms with Gasteiger partial charge in [0.05, 0.1) is 0 Å². The lowest BCUT2D eigenvalue weighted by molar-refractivity contribution is 0.251. The van der Waals surface area contributed by atoms with Crippen LogP contribution in [0.4, 0.5) is 9.93 Å². The Hall–Kier alpha value is -1.92. The van der Waals surface area contributed by atoms with Gasteiger partial charge in [-0.15, -0.1) is 11.3 Å². The lowest BCUT2D eigenvalue weighted by Crippen LogP contribution is -2.28. The van der Waals surface area contributed by atoms with Gasteiger partial charge in [-0.1, -0.05) is 24.3 Å². The van der Waals surface area contributed by atoms with Crippen molar-refractivity contribution in [2.45, 2.75) is 25.9 Å². The molecule has 2 aromatic rings. The van der Waals surface area contributed by atoms with E-state index >= 15 is 0 Å². The Morgan fingerprint density at radius 2 is 1.91 bits per heavy atom. The number of likely N-dealkylation sites (tertiary alicyclic amines) is 1. The molecule has 0 radical (unpaired) electrons. The van der Waals surface area contributed by atoms with E-state index in [0.717, 1.165) is 12.1 Å². The third kappa shape index (κ3) is 4.29. The van der Waals surface area contributed by atoms with Crippen LogP contribution in [0.1, 0.15) is 24.0 Å². The summed E-state index contributed by atoms with van der Waals surface area (Å²) in [4.78, 5) is 18.2. The zero-order chi connectivity index (χ0) is 15.2. The first kappa shape index (κ1) is 15.0. The monoisotopic (exact) mass is 316 g/mol. The Kier molecular flexibility index (Phi) is 5.03. The first-order valence-corrected chi connectivity index (χ1v) is 8.42. The van der Waals surface area contributed by atoms with Crippen molar-refractivity contribution in [1.82, 2.24) is 15.2 Å². The van der Waals surface area contributed by atoms with Crippen LogP contribution in [0.2, 0.25) is 0 Å². The van der Waals surface area contributed by atoms with Gasteiger partial charge in [0, 0.05) is 24.7 Å². The topological polar surface area (TPSA) is 57.3 Å². The zero-order valence-electron chi connectivity index (χ0n) is 12.4. The molecule has 0 bridgehead atoms. The summed E-state index contributed by atoms with van der Waals surface area (Å²) in [6.07, 6.45) is 4.30. The van der Waals surface area contributed by atoms with Crippen LogP contribution in [0.5, 0.6) is 0 Å². The molecule has 2 N–H and O–H groups in total. The van der Waals surface area contributed by atoms with Crippen molar-refractivity contribution in [2.75, 3.05) is 18.4 Å². The van der Waals surface area contributed by atoms with E-state index in [1.807, 2.05) is 5.38 Å². The summed E-state index contributed by atoms with van der Waals surface area (Å²) in [5.41, 5.74) is 2.43. The van der Waals surface area contributed by atoms with Crippen molar-refractivity contribution in [3.05, 3.63) is 47.0 Å². The highest BCUT2D eigenvalue weighted by atomic mass is 32.1. The van der Waals surface area contributed by atoms with E-state index in [9.17, 15) is 4.79 Å². The number of amides is 2. The summed E-state index contributed by atoms with van der Waals surface area (Å²) >= 11 is 1.40. The van der Waals surface area contributed by atoms with Gasteiger partial charge in [0.15, 0.2) is 5.13 Å². The number of thiazole rings is 1. The van der Waals surface area contributed by atoms with E-state index < -0.39 is 0 Å². The summed E-state index contributed by atoms with van der Waals surface area (Å²) in [5.74, 6) is 0. The first-order valence-electron chi connectivity index (χ1n) is 7.54. The number of nitrogens with zero attached hydrogens (tertiary/aromatic N) is 2. The van der Waals surface area contributed by atoms with Crippen LogP contribution in [0.3, 0.4) is 0 Å². The molecule has 0 aliphatic carbocycles. The third-order valence-electron chi connectivity index (χ3n) is 3.73. The number of hydrogen-bond acceptors (Lipinski definition) is 4. The molecule has 1 aliphatic rings. The number of hydrogen-bond donors (Lipinski definition) is 2. The molecule has 2 amide bonds. The Labute approximate surface area is 134 Å². The van der Waals surface area contributed by atoms with Gasteiger partial charge in [-0.2, -0.15) is 0 Å². The molecule has 3 rings (SSSR count). The number of carbonyl (C=O) groups excluding carboxylic acids is 1. The van der Waals surface area contributed by atoms with Gasteiger partial charge < -0.3 is 5.32 Å². The Morgan fingerprint density at radius 3 is 2.59 bits per heavy atom. The number of rotatable bonds is 5. The average Bonchev–Trinajstić information content (AvgIpc) is 3.20. The minimum Gasteiger partial charge on any atom is -0.334 e. The van der Waals surface area contributed by atoms with Crippen LogP contribution in [0.25, 0.3) is 0 Å². The van der Waals surface area contributed by atoms with Gasteiger partial charge in [0.1, 0.15) is 0 Å². The predicted octanol–water partition coefficient (Wildman–Crippen LogP) is 3.06. The Bertz CT molecular complexity index is 591.